The van der Waals surface area contributed by atoms with Gasteiger partial charge >= 0.3 is 0 Å². The Morgan fingerprint density at radius 3 is 2.40 bits per heavy atom. The Hall–Kier alpha value is -1.82. The van der Waals surface area contributed by atoms with Gasteiger partial charge in [0.05, 0.1) is 11.9 Å². The third-order valence-corrected chi connectivity index (χ3v) is 5.57. The molecule has 0 bridgehead atoms. The topological polar surface area (TPSA) is 66.5 Å². The van der Waals surface area contributed by atoms with Crippen LogP contribution in [-0.2, 0) is 14.8 Å². The van der Waals surface area contributed by atoms with Gasteiger partial charge in [-0.25, -0.2) is 8.42 Å². The fraction of sp³-hybridized carbons (Fsp3) is 0.526. The van der Waals surface area contributed by atoms with Crippen LogP contribution in [0.15, 0.2) is 35.9 Å². The van der Waals surface area contributed by atoms with Crippen LogP contribution in [0.25, 0.3) is 0 Å². The van der Waals surface area contributed by atoms with Gasteiger partial charge < -0.3 is 5.32 Å². The van der Waals surface area contributed by atoms with E-state index in [0.29, 0.717) is 18.2 Å². The van der Waals surface area contributed by atoms with Crippen LogP contribution in [0, 0.1) is 0 Å². The maximum Gasteiger partial charge on any atom is 0.241 e. The first-order valence-electron chi connectivity index (χ1n) is 8.79. The molecule has 0 radical (unpaired) electrons. The number of benzene rings is 1. The van der Waals surface area contributed by atoms with Gasteiger partial charge in [-0.05, 0) is 49.3 Å². The molecule has 2 rings (SSSR count). The van der Waals surface area contributed by atoms with Gasteiger partial charge in [-0.3, -0.25) is 9.10 Å². The van der Waals surface area contributed by atoms with Gasteiger partial charge in [0, 0.05) is 6.54 Å². The van der Waals surface area contributed by atoms with Crippen molar-refractivity contribution in [2.24, 2.45) is 0 Å². The van der Waals surface area contributed by atoms with Crippen LogP contribution in [0.4, 0.5) is 5.69 Å². The van der Waals surface area contributed by atoms with Crippen LogP contribution in [0.2, 0.25) is 0 Å². The number of carbonyl (C=O) groups excluding carboxylic acids is 1. The summed E-state index contributed by atoms with van der Waals surface area (Å²) in [5.74, 6) is 0.0811. The average molecular weight is 365 g/mol. The van der Waals surface area contributed by atoms with E-state index < -0.39 is 10.0 Å². The molecule has 138 valence electrons. The number of allylic oxidation sites excluding steroid dienone is 1. The molecule has 0 saturated heterocycles. The maximum absolute atomic E-state index is 12.2. The average Bonchev–Trinajstić information content (AvgIpc) is 2.58. The second-order valence-electron chi connectivity index (χ2n) is 6.90. The highest BCUT2D eigenvalue weighted by Crippen LogP contribution is 2.22. The van der Waals surface area contributed by atoms with Crippen molar-refractivity contribution in [1.29, 1.82) is 0 Å². The summed E-state index contributed by atoms with van der Waals surface area (Å²) in [6.45, 7) is 4.46. The normalized spacial score (nSPS) is 15.0. The van der Waals surface area contributed by atoms with Crippen LogP contribution in [-0.4, -0.2) is 33.7 Å². The van der Waals surface area contributed by atoms with E-state index in [1.807, 2.05) is 12.1 Å². The van der Waals surface area contributed by atoms with E-state index in [1.54, 1.807) is 12.1 Å². The van der Waals surface area contributed by atoms with E-state index in [9.17, 15) is 13.2 Å². The molecule has 0 aromatic heterocycles. The Labute approximate surface area is 151 Å². The smallest absolute Gasteiger partial charge is 0.241 e. The number of nitrogens with zero attached hydrogens (tertiary/aromatic N) is 1. The van der Waals surface area contributed by atoms with Crippen molar-refractivity contribution in [2.75, 3.05) is 23.7 Å². The number of hydrogen-bond acceptors (Lipinski definition) is 3. The minimum Gasteiger partial charge on any atom is -0.351 e. The van der Waals surface area contributed by atoms with Crippen LogP contribution in [0.5, 0.6) is 0 Å². The molecule has 0 spiro atoms. The highest BCUT2D eigenvalue weighted by Gasteiger charge is 2.21. The molecule has 1 N–H and O–H groups in total. The first-order chi connectivity index (χ1) is 11.8. The van der Waals surface area contributed by atoms with E-state index in [0.717, 1.165) is 35.4 Å². The summed E-state index contributed by atoms with van der Waals surface area (Å²) in [5.41, 5.74) is 2.87. The molecule has 0 fully saturated rings. The highest BCUT2D eigenvalue weighted by atomic mass is 32.2. The quantitative estimate of drug-likeness (QED) is 0.756. The monoisotopic (exact) mass is 364 g/mol. The van der Waals surface area contributed by atoms with Gasteiger partial charge in [0.2, 0.25) is 15.9 Å². The van der Waals surface area contributed by atoms with Crippen LogP contribution in [0.3, 0.4) is 0 Å². The molecule has 5 nitrogen and oxygen atoms in total. The fourth-order valence-corrected chi connectivity index (χ4v) is 3.75. The summed E-state index contributed by atoms with van der Waals surface area (Å²) in [6.07, 6.45) is 7.71. The zero-order valence-electron chi connectivity index (χ0n) is 15.3. The standard InChI is InChI=1S/C19H28N2O3S/c1-15(2)17-9-11-18(12-10-17)21(25(3,23)24)14-19(22)20-13-16-7-5-4-6-8-16/h7,9-12,15H,4-6,8,13-14H2,1-3H3,(H,20,22). The van der Waals surface area contributed by atoms with Crippen molar-refractivity contribution >= 4 is 21.6 Å². The summed E-state index contributed by atoms with van der Waals surface area (Å²) < 4.78 is 25.4. The summed E-state index contributed by atoms with van der Waals surface area (Å²) in [5, 5.41) is 2.84. The molecule has 1 aliphatic carbocycles. The first kappa shape index (κ1) is 19.5. The number of nitrogens with one attached hydrogen (secondary N) is 1. The Morgan fingerprint density at radius 1 is 1.20 bits per heavy atom. The third-order valence-electron chi connectivity index (χ3n) is 4.43. The van der Waals surface area contributed by atoms with Gasteiger partial charge in [-0.2, -0.15) is 0 Å². The predicted molar refractivity (Wildman–Crippen MR) is 102 cm³/mol. The number of amides is 1. The van der Waals surface area contributed by atoms with Crippen molar-refractivity contribution in [2.45, 2.75) is 45.4 Å². The van der Waals surface area contributed by atoms with Gasteiger partial charge in [-0.15, -0.1) is 0 Å². The molecular weight excluding hydrogens is 336 g/mol. The fourth-order valence-electron chi connectivity index (χ4n) is 2.89. The van der Waals surface area contributed by atoms with Crippen LogP contribution < -0.4 is 9.62 Å². The number of rotatable bonds is 7. The molecule has 0 heterocycles. The molecule has 25 heavy (non-hydrogen) atoms. The van der Waals surface area contributed by atoms with Gasteiger partial charge in [0.25, 0.3) is 0 Å². The molecule has 0 atom stereocenters. The predicted octanol–water partition coefficient (Wildman–Crippen LogP) is 3.19. The molecule has 1 aromatic carbocycles. The molecule has 1 aromatic rings. The maximum atomic E-state index is 12.2. The number of carbonyl (C=O) groups is 1. The summed E-state index contributed by atoms with van der Waals surface area (Å²) in [7, 11) is -3.53. The molecule has 1 amide bonds. The molecule has 0 saturated carbocycles. The lowest BCUT2D eigenvalue weighted by atomic mass is 10.00. The Balaban J connectivity index is 2.04. The molecular formula is C19H28N2O3S. The SMILES string of the molecule is CC(C)c1ccc(N(CC(=O)NCC2=CCCCC2)S(C)(=O)=O)cc1. The van der Waals surface area contributed by atoms with Gasteiger partial charge in [-0.1, -0.05) is 37.6 Å². The van der Waals surface area contributed by atoms with Crippen molar-refractivity contribution in [3.8, 4) is 0 Å². The number of hydrogen-bond donors (Lipinski definition) is 1. The molecule has 1 aliphatic rings. The van der Waals surface area contributed by atoms with Crippen LogP contribution >= 0.6 is 0 Å². The Kier molecular flexibility index (Phi) is 6.64. The van der Waals surface area contributed by atoms with E-state index in [4.69, 9.17) is 0 Å². The van der Waals surface area contributed by atoms with Crippen molar-refractivity contribution in [1.82, 2.24) is 5.32 Å². The molecule has 0 unspecified atom stereocenters. The first-order valence-corrected chi connectivity index (χ1v) is 10.6. The Bertz CT molecular complexity index is 722. The van der Waals surface area contributed by atoms with Gasteiger partial charge in [0.1, 0.15) is 6.54 Å². The van der Waals surface area contributed by atoms with Crippen molar-refractivity contribution in [3.63, 3.8) is 0 Å². The van der Waals surface area contributed by atoms with Crippen LogP contribution in [0.1, 0.15) is 51.0 Å². The second-order valence-corrected chi connectivity index (χ2v) is 8.81. The van der Waals surface area contributed by atoms with Crippen molar-refractivity contribution in [3.05, 3.63) is 41.5 Å². The molecule has 6 heteroatoms. The van der Waals surface area contributed by atoms with Crippen molar-refractivity contribution < 1.29 is 13.2 Å². The van der Waals surface area contributed by atoms with E-state index >= 15 is 0 Å². The second kappa shape index (κ2) is 8.52. The Morgan fingerprint density at radius 2 is 1.88 bits per heavy atom. The third kappa shape index (κ3) is 5.88. The summed E-state index contributed by atoms with van der Waals surface area (Å²) in [6, 6.07) is 7.33. The van der Waals surface area contributed by atoms with Gasteiger partial charge in [0.15, 0.2) is 0 Å². The highest BCUT2D eigenvalue weighted by molar-refractivity contribution is 7.92. The lowest BCUT2D eigenvalue weighted by molar-refractivity contribution is -0.119. The minimum atomic E-state index is -3.53. The number of anilines is 1. The van der Waals surface area contributed by atoms with E-state index in [-0.39, 0.29) is 12.5 Å². The summed E-state index contributed by atoms with van der Waals surface area (Å²) in [4.78, 5) is 12.2. The zero-order valence-corrected chi connectivity index (χ0v) is 16.1. The lowest BCUT2D eigenvalue weighted by Crippen LogP contribution is -2.41. The minimum absolute atomic E-state index is 0.201. The summed E-state index contributed by atoms with van der Waals surface area (Å²) >= 11 is 0. The largest absolute Gasteiger partial charge is 0.351 e. The molecule has 0 aliphatic heterocycles. The van der Waals surface area contributed by atoms with E-state index in [1.165, 1.54) is 12.0 Å². The zero-order chi connectivity index (χ0) is 18.4. The van der Waals surface area contributed by atoms with E-state index in [2.05, 4.69) is 25.2 Å². The number of sulfonamides is 1. The lowest BCUT2D eigenvalue weighted by Gasteiger charge is -2.23.